The summed E-state index contributed by atoms with van der Waals surface area (Å²) in [6, 6.07) is 17.0. The first-order valence-electron chi connectivity index (χ1n) is 9.68. The Morgan fingerprint density at radius 2 is 1.79 bits per heavy atom. The van der Waals surface area contributed by atoms with Crippen LogP contribution >= 0.6 is 27.5 Å². The van der Waals surface area contributed by atoms with Gasteiger partial charge in [0.05, 0.1) is 11.9 Å². The van der Waals surface area contributed by atoms with Crippen LogP contribution in [0.4, 0.5) is 15.8 Å². The van der Waals surface area contributed by atoms with Gasteiger partial charge in [-0.15, -0.1) is 0 Å². The molecule has 3 aromatic rings. The third kappa shape index (κ3) is 7.39. The number of anilines is 2. The molecule has 0 aliphatic carbocycles. The minimum absolute atomic E-state index is 0.134. The standard InChI is InChI=1S/C23H17BrClFN4O4/c24-15-8-9-20(34-13-21(31)28-17-5-3-4-16(25)11-17)14(10-15)12-27-30-23(33)22(32)29-19-7-2-1-6-18(19)26/h1-12H,13H2,(H,28,31)(H,29,32)(H,30,33)/b27-12-. The van der Waals surface area contributed by atoms with Crippen LogP contribution < -0.4 is 20.8 Å². The van der Waals surface area contributed by atoms with Gasteiger partial charge >= 0.3 is 11.8 Å². The number of nitrogens with zero attached hydrogens (tertiary/aromatic N) is 1. The topological polar surface area (TPSA) is 109 Å². The van der Waals surface area contributed by atoms with Crippen molar-refractivity contribution in [3.63, 3.8) is 0 Å². The lowest BCUT2D eigenvalue weighted by molar-refractivity contribution is -0.136. The van der Waals surface area contributed by atoms with Gasteiger partial charge in [0, 0.05) is 20.7 Å². The van der Waals surface area contributed by atoms with Crippen molar-refractivity contribution in [3.8, 4) is 5.75 Å². The zero-order valence-corrected chi connectivity index (χ0v) is 19.7. The Balaban J connectivity index is 1.58. The van der Waals surface area contributed by atoms with Crippen LogP contribution in [0.15, 0.2) is 76.3 Å². The molecule has 34 heavy (non-hydrogen) atoms. The third-order valence-corrected chi connectivity index (χ3v) is 4.87. The van der Waals surface area contributed by atoms with Crippen molar-refractivity contribution in [2.45, 2.75) is 0 Å². The first kappa shape index (κ1) is 24.9. The summed E-state index contributed by atoms with van der Waals surface area (Å²) in [6.07, 6.45) is 1.24. The smallest absolute Gasteiger partial charge is 0.329 e. The van der Waals surface area contributed by atoms with Gasteiger partial charge in [-0.2, -0.15) is 5.10 Å². The summed E-state index contributed by atoms with van der Waals surface area (Å²) in [4.78, 5) is 36.1. The fraction of sp³-hybridized carbons (Fsp3) is 0.0435. The normalized spacial score (nSPS) is 10.6. The van der Waals surface area contributed by atoms with Crippen LogP contribution in [0.5, 0.6) is 5.75 Å². The van der Waals surface area contributed by atoms with Crippen molar-refractivity contribution in [2.24, 2.45) is 5.10 Å². The highest BCUT2D eigenvalue weighted by Crippen LogP contribution is 2.22. The number of nitrogens with one attached hydrogen (secondary N) is 3. The van der Waals surface area contributed by atoms with Gasteiger partial charge in [-0.05, 0) is 48.5 Å². The molecule has 0 saturated carbocycles. The summed E-state index contributed by atoms with van der Waals surface area (Å²) < 4.78 is 19.9. The molecule has 174 valence electrons. The van der Waals surface area contributed by atoms with E-state index in [2.05, 4.69) is 37.1 Å². The highest BCUT2D eigenvalue weighted by atomic mass is 79.9. The fourth-order valence-electron chi connectivity index (χ4n) is 2.61. The Morgan fingerprint density at radius 1 is 1.00 bits per heavy atom. The molecule has 0 atom stereocenters. The van der Waals surface area contributed by atoms with Crippen molar-refractivity contribution in [1.29, 1.82) is 0 Å². The highest BCUT2D eigenvalue weighted by Gasteiger charge is 2.15. The van der Waals surface area contributed by atoms with Crippen LogP contribution in [-0.2, 0) is 14.4 Å². The van der Waals surface area contributed by atoms with Crippen LogP contribution in [-0.4, -0.2) is 30.5 Å². The zero-order valence-electron chi connectivity index (χ0n) is 17.3. The van der Waals surface area contributed by atoms with Gasteiger partial charge in [0.2, 0.25) is 0 Å². The summed E-state index contributed by atoms with van der Waals surface area (Å²) in [5.41, 5.74) is 2.86. The molecule has 8 nitrogen and oxygen atoms in total. The van der Waals surface area contributed by atoms with Crippen molar-refractivity contribution in [2.75, 3.05) is 17.2 Å². The minimum atomic E-state index is -1.10. The second-order valence-corrected chi connectivity index (χ2v) is 8.01. The second-order valence-electron chi connectivity index (χ2n) is 6.66. The van der Waals surface area contributed by atoms with E-state index in [4.69, 9.17) is 16.3 Å². The van der Waals surface area contributed by atoms with Crippen molar-refractivity contribution in [1.82, 2.24) is 5.43 Å². The predicted molar refractivity (Wildman–Crippen MR) is 130 cm³/mol. The number of hydrogen-bond donors (Lipinski definition) is 3. The van der Waals surface area contributed by atoms with E-state index >= 15 is 0 Å². The molecule has 0 aliphatic heterocycles. The van der Waals surface area contributed by atoms with Crippen LogP contribution in [0.2, 0.25) is 5.02 Å². The van der Waals surface area contributed by atoms with Crippen LogP contribution in [0.25, 0.3) is 0 Å². The van der Waals surface area contributed by atoms with E-state index in [9.17, 15) is 18.8 Å². The van der Waals surface area contributed by atoms with E-state index in [0.717, 1.165) is 6.07 Å². The number of carbonyl (C=O) groups is 3. The molecule has 3 N–H and O–H groups in total. The molecular formula is C23H17BrClFN4O4. The van der Waals surface area contributed by atoms with Crippen molar-refractivity contribution in [3.05, 3.63) is 87.6 Å². The molecule has 0 radical (unpaired) electrons. The van der Waals surface area contributed by atoms with E-state index in [0.29, 0.717) is 26.5 Å². The highest BCUT2D eigenvalue weighted by molar-refractivity contribution is 9.10. The predicted octanol–water partition coefficient (Wildman–Crippen LogP) is 4.35. The molecule has 0 fully saturated rings. The number of rotatable bonds is 7. The lowest BCUT2D eigenvalue weighted by Crippen LogP contribution is -2.32. The van der Waals surface area contributed by atoms with Gasteiger partial charge in [0.1, 0.15) is 11.6 Å². The monoisotopic (exact) mass is 546 g/mol. The Hall–Kier alpha value is -3.76. The van der Waals surface area contributed by atoms with E-state index in [1.165, 1.54) is 24.4 Å². The molecule has 3 amide bonds. The molecule has 3 aromatic carbocycles. The van der Waals surface area contributed by atoms with E-state index in [1.807, 2.05) is 0 Å². The maximum Gasteiger partial charge on any atom is 0.329 e. The lowest BCUT2D eigenvalue weighted by Gasteiger charge is -2.10. The molecular weight excluding hydrogens is 531 g/mol. The summed E-state index contributed by atoms with van der Waals surface area (Å²) in [7, 11) is 0. The number of benzene rings is 3. The fourth-order valence-corrected chi connectivity index (χ4v) is 3.18. The molecule has 0 heterocycles. The van der Waals surface area contributed by atoms with E-state index in [-0.39, 0.29) is 12.3 Å². The molecule has 0 spiro atoms. The summed E-state index contributed by atoms with van der Waals surface area (Å²) in [6.45, 7) is -0.299. The van der Waals surface area contributed by atoms with Gasteiger partial charge in [-0.3, -0.25) is 14.4 Å². The number of halogens is 3. The molecule has 0 aromatic heterocycles. The molecule has 0 unspecified atom stereocenters. The Bertz CT molecular complexity index is 1260. The summed E-state index contributed by atoms with van der Waals surface area (Å²) >= 11 is 9.22. The van der Waals surface area contributed by atoms with Gasteiger partial charge < -0.3 is 15.4 Å². The van der Waals surface area contributed by atoms with Gasteiger partial charge in [0.15, 0.2) is 6.61 Å². The largest absolute Gasteiger partial charge is 0.483 e. The van der Waals surface area contributed by atoms with Crippen molar-refractivity contribution < 1.29 is 23.5 Å². The Kier molecular flexibility index (Phi) is 8.72. The number of carbonyl (C=O) groups excluding carboxylic acids is 3. The average molecular weight is 548 g/mol. The minimum Gasteiger partial charge on any atom is -0.483 e. The summed E-state index contributed by atoms with van der Waals surface area (Å²) in [5.74, 6) is -2.98. The SMILES string of the molecule is O=C(COc1ccc(Br)cc1/C=N\NC(=O)C(=O)Nc1ccccc1F)Nc1cccc(Cl)c1. The maximum atomic E-state index is 13.6. The van der Waals surface area contributed by atoms with E-state index < -0.39 is 23.5 Å². The molecule has 3 rings (SSSR count). The van der Waals surface area contributed by atoms with Crippen LogP contribution in [0.1, 0.15) is 5.56 Å². The zero-order chi connectivity index (χ0) is 24.5. The number of hydrogen-bond acceptors (Lipinski definition) is 5. The maximum absolute atomic E-state index is 13.6. The Labute approximate surface area is 207 Å². The van der Waals surface area contributed by atoms with Gasteiger partial charge in [0.25, 0.3) is 5.91 Å². The van der Waals surface area contributed by atoms with Gasteiger partial charge in [-0.1, -0.05) is 45.7 Å². The van der Waals surface area contributed by atoms with Crippen LogP contribution in [0, 0.1) is 5.82 Å². The van der Waals surface area contributed by atoms with E-state index in [1.54, 1.807) is 42.5 Å². The molecule has 0 saturated heterocycles. The first-order chi connectivity index (χ1) is 16.3. The number of ether oxygens (including phenoxy) is 1. The number of hydrazone groups is 1. The number of amides is 3. The molecule has 0 bridgehead atoms. The molecule has 11 heteroatoms. The number of para-hydroxylation sites is 1. The van der Waals surface area contributed by atoms with Gasteiger partial charge in [-0.25, -0.2) is 9.82 Å². The quantitative estimate of drug-likeness (QED) is 0.232. The van der Waals surface area contributed by atoms with Crippen LogP contribution in [0.3, 0.4) is 0 Å². The second kappa shape index (κ2) is 11.9. The summed E-state index contributed by atoms with van der Waals surface area (Å²) in [5, 5.41) is 9.03. The molecule has 0 aliphatic rings. The Morgan fingerprint density at radius 3 is 2.56 bits per heavy atom. The lowest BCUT2D eigenvalue weighted by atomic mass is 10.2. The average Bonchev–Trinajstić information content (AvgIpc) is 2.80. The van der Waals surface area contributed by atoms with Crippen molar-refractivity contribution >= 4 is 62.8 Å². The first-order valence-corrected chi connectivity index (χ1v) is 10.9. The third-order valence-electron chi connectivity index (χ3n) is 4.14.